The minimum absolute atomic E-state index is 0.680. The Kier molecular flexibility index (Phi) is 2.45. The third kappa shape index (κ3) is 1.54. The highest BCUT2D eigenvalue weighted by Gasteiger charge is 2.41. The van der Waals surface area contributed by atoms with Gasteiger partial charge in [-0.2, -0.15) is 23.7 Å². The molecule has 4 fully saturated rings. The van der Waals surface area contributed by atoms with E-state index in [1.54, 1.807) is 0 Å². The van der Waals surface area contributed by atoms with E-state index < -0.39 is 0 Å². The van der Waals surface area contributed by atoms with E-state index >= 15 is 0 Å². The summed E-state index contributed by atoms with van der Waals surface area (Å²) in [5, 5.41) is 0. The lowest BCUT2D eigenvalue weighted by atomic mass is 9.45. The van der Waals surface area contributed by atoms with Crippen molar-refractivity contribution in [1.29, 1.82) is 0 Å². The maximum absolute atomic E-state index is 2.42. The van der Waals surface area contributed by atoms with E-state index in [-0.39, 0.29) is 0 Å². The molecule has 0 saturated heterocycles. The summed E-state index contributed by atoms with van der Waals surface area (Å²) in [4.78, 5) is 0. The first-order valence-corrected chi connectivity index (χ1v) is 8.33. The second-order valence-electron chi connectivity index (χ2n) is 7.32. The van der Waals surface area contributed by atoms with Gasteiger partial charge in [0.25, 0.3) is 0 Å². The van der Waals surface area contributed by atoms with E-state index in [2.05, 4.69) is 48.6 Å². The Balaban J connectivity index is 1.41. The molecule has 0 amide bonds. The van der Waals surface area contributed by atoms with Crippen LogP contribution in [0.5, 0.6) is 0 Å². The Bertz CT molecular complexity index is 420. The van der Waals surface area contributed by atoms with Crippen LogP contribution in [0.25, 0.3) is 0 Å². The molecule has 4 bridgehead atoms. The van der Waals surface area contributed by atoms with Crippen LogP contribution in [0.15, 0.2) is 48.6 Å². The van der Waals surface area contributed by atoms with Gasteiger partial charge in [-0.3, -0.25) is 11.8 Å². The van der Waals surface area contributed by atoms with Gasteiger partial charge in [0.2, 0.25) is 0 Å². The van der Waals surface area contributed by atoms with Gasteiger partial charge in [0, 0.05) is 0 Å². The van der Waals surface area contributed by atoms with Crippen LogP contribution >= 0.6 is 0 Å². The molecule has 0 atom stereocenters. The topological polar surface area (TPSA) is 0 Å². The Morgan fingerprint density at radius 3 is 1.10 bits per heavy atom. The standard InChI is InChI=1S/C20H22/c1-2-6-13(5-1)19-15-9-17-11-16(19)12-18(10-15)20(17)14-7-3-4-8-14/h1-8,13-18H,9-12H2/q-2. The Labute approximate surface area is 122 Å². The van der Waals surface area contributed by atoms with Gasteiger partial charge < -0.3 is 0 Å². The maximum Gasteiger partial charge on any atom is -0.0687 e. The normalized spacial score (nSPS) is 43.6. The first-order chi connectivity index (χ1) is 9.90. The predicted octanol–water partition coefficient (Wildman–Crippen LogP) is 4.69. The second-order valence-corrected chi connectivity index (χ2v) is 7.32. The van der Waals surface area contributed by atoms with Crippen molar-refractivity contribution < 1.29 is 0 Å². The highest BCUT2D eigenvalue weighted by molar-refractivity contribution is 5.36. The number of hydrogen-bond acceptors (Lipinski definition) is 0. The maximum atomic E-state index is 2.42. The third-order valence-electron chi connectivity index (χ3n) is 6.43. The van der Waals surface area contributed by atoms with Crippen molar-refractivity contribution in [2.24, 2.45) is 35.5 Å². The molecule has 20 heavy (non-hydrogen) atoms. The molecular weight excluding hydrogens is 240 g/mol. The van der Waals surface area contributed by atoms with Crippen molar-refractivity contribution >= 4 is 0 Å². The first-order valence-electron chi connectivity index (χ1n) is 8.33. The summed E-state index contributed by atoms with van der Waals surface area (Å²) >= 11 is 0. The van der Waals surface area contributed by atoms with Crippen LogP contribution in [0.3, 0.4) is 0 Å². The monoisotopic (exact) mass is 262 g/mol. The van der Waals surface area contributed by atoms with Crippen LogP contribution in [0, 0.1) is 47.3 Å². The minimum atomic E-state index is 0.680. The van der Waals surface area contributed by atoms with Crippen LogP contribution in [-0.2, 0) is 0 Å². The molecule has 0 N–H and O–H groups in total. The molecule has 6 aliphatic rings. The number of rotatable bonds is 2. The average Bonchev–Trinajstić information content (AvgIpc) is 3.10. The fraction of sp³-hybridized carbons (Fsp3) is 0.500. The molecule has 0 radical (unpaired) electrons. The lowest BCUT2D eigenvalue weighted by Gasteiger charge is -2.74. The van der Waals surface area contributed by atoms with Gasteiger partial charge in [-0.15, -0.1) is 61.8 Å². The molecule has 0 heterocycles. The van der Waals surface area contributed by atoms with E-state index in [1.807, 2.05) is 11.8 Å². The summed E-state index contributed by atoms with van der Waals surface area (Å²) in [5.74, 6) is 8.86. The first kappa shape index (κ1) is 11.6. The number of allylic oxidation sites excluding steroid dienone is 8. The van der Waals surface area contributed by atoms with E-state index in [1.165, 1.54) is 25.7 Å². The zero-order valence-corrected chi connectivity index (χ0v) is 11.9. The lowest BCUT2D eigenvalue weighted by Crippen LogP contribution is -2.51. The van der Waals surface area contributed by atoms with Crippen molar-refractivity contribution in [2.45, 2.75) is 25.7 Å². The summed E-state index contributed by atoms with van der Waals surface area (Å²) in [5.41, 5.74) is 0. The van der Waals surface area contributed by atoms with Gasteiger partial charge in [0.1, 0.15) is 0 Å². The molecule has 0 aliphatic heterocycles. The summed E-state index contributed by atoms with van der Waals surface area (Å²) in [6.45, 7) is 0. The summed E-state index contributed by atoms with van der Waals surface area (Å²) in [6, 6.07) is 0. The fourth-order valence-electron chi connectivity index (χ4n) is 5.91. The molecule has 0 aromatic rings. The summed E-state index contributed by atoms with van der Waals surface area (Å²) in [7, 11) is 0. The highest BCUT2D eigenvalue weighted by Crippen LogP contribution is 2.64. The molecule has 6 rings (SSSR count). The van der Waals surface area contributed by atoms with Crippen LogP contribution in [-0.4, -0.2) is 0 Å². The smallest absolute Gasteiger partial charge is 0.0687 e. The van der Waals surface area contributed by atoms with E-state index in [0.717, 1.165) is 23.7 Å². The van der Waals surface area contributed by atoms with Crippen LogP contribution in [0.2, 0.25) is 0 Å². The minimum Gasteiger partial charge on any atom is -0.297 e. The van der Waals surface area contributed by atoms with E-state index in [4.69, 9.17) is 0 Å². The predicted molar refractivity (Wildman–Crippen MR) is 82.5 cm³/mol. The zero-order chi connectivity index (χ0) is 13.1. The molecule has 0 spiro atoms. The van der Waals surface area contributed by atoms with Crippen molar-refractivity contribution in [1.82, 2.24) is 0 Å². The lowest BCUT2D eigenvalue weighted by molar-refractivity contribution is 0.0480. The van der Waals surface area contributed by atoms with Gasteiger partial charge in [0.15, 0.2) is 0 Å². The molecule has 0 heteroatoms. The van der Waals surface area contributed by atoms with Crippen LogP contribution in [0.1, 0.15) is 25.7 Å². The highest BCUT2D eigenvalue weighted by atomic mass is 14.6. The van der Waals surface area contributed by atoms with Crippen molar-refractivity contribution in [2.75, 3.05) is 0 Å². The Hall–Kier alpha value is -1.04. The quantitative estimate of drug-likeness (QED) is 0.634. The van der Waals surface area contributed by atoms with E-state index in [0.29, 0.717) is 11.8 Å². The molecule has 0 aromatic heterocycles. The van der Waals surface area contributed by atoms with Gasteiger partial charge >= 0.3 is 0 Å². The van der Waals surface area contributed by atoms with Gasteiger partial charge in [-0.05, 0) is 0 Å². The van der Waals surface area contributed by atoms with Crippen LogP contribution in [0.4, 0.5) is 0 Å². The zero-order valence-electron chi connectivity index (χ0n) is 11.9. The van der Waals surface area contributed by atoms with Crippen molar-refractivity contribution in [3.8, 4) is 0 Å². The summed E-state index contributed by atoms with van der Waals surface area (Å²) < 4.78 is 0. The van der Waals surface area contributed by atoms with Crippen molar-refractivity contribution in [3.63, 3.8) is 0 Å². The Morgan fingerprint density at radius 1 is 0.500 bits per heavy atom. The molecule has 104 valence electrons. The molecular formula is C20H22-2. The molecule has 0 nitrogen and oxygen atoms in total. The summed E-state index contributed by atoms with van der Waals surface area (Å²) in [6.07, 6.45) is 24.5. The average molecular weight is 262 g/mol. The van der Waals surface area contributed by atoms with Crippen LogP contribution < -0.4 is 0 Å². The van der Waals surface area contributed by atoms with Gasteiger partial charge in [-0.1, -0.05) is 24.3 Å². The second kappa shape index (κ2) is 4.23. The SMILES string of the molecule is C1=CC([C-]2C3CC4CC2CC(C3)[C-]4C2C=CC=C2)C=C1. The fourth-order valence-corrected chi connectivity index (χ4v) is 5.91. The van der Waals surface area contributed by atoms with Gasteiger partial charge in [-0.25, -0.2) is 0 Å². The molecule has 0 unspecified atom stereocenters. The molecule has 6 aliphatic carbocycles. The van der Waals surface area contributed by atoms with Crippen molar-refractivity contribution in [3.05, 3.63) is 60.4 Å². The van der Waals surface area contributed by atoms with E-state index in [9.17, 15) is 0 Å². The van der Waals surface area contributed by atoms with Gasteiger partial charge in [0.05, 0.1) is 0 Å². The Morgan fingerprint density at radius 2 is 0.800 bits per heavy atom. The molecule has 4 saturated carbocycles. The molecule has 0 aromatic carbocycles. The number of hydrogen-bond donors (Lipinski definition) is 0. The third-order valence-corrected chi connectivity index (χ3v) is 6.43. The largest absolute Gasteiger partial charge is 0.297 e.